The molecule has 2 aromatic carbocycles. The zero-order valence-corrected chi connectivity index (χ0v) is 13.9. The molecule has 3 rings (SSSR count). The molecule has 0 aliphatic heterocycles. The van der Waals surface area contributed by atoms with Crippen LogP contribution in [0.2, 0.25) is 0 Å². The summed E-state index contributed by atoms with van der Waals surface area (Å²) in [6, 6.07) is 13.1. The molecule has 8 nitrogen and oxygen atoms in total. The molecule has 0 saturated heterocycles. The number of ether oxygens (including phenoxy) is 1. The molecule has 0 aliphatic carbocycles. The minimum Gasteiger partial charge on any atom is -0.497 e. The van der Waals surface area contributed by atoms with Crippen molar-refractivity contribution in [2.75, 3.05) is 12.8 Å². The van der Waals surface area contributed by atoms with Crippen molar-refractivity contribution in [3.8, 4) is 5.75 Å². The van der Waals surface area contributed by atoms with Crippen molar-refractivity contribution in [2.24, 2.45) is 10.8 Å². The number of carbonyl (C=O) groups excluding carboxylic acids is 2. The molecular weight excluding hydrogens is 336 g/mol. The molecule has 2 amide bonds. The van der Waals surface area contributed by atoms with Crippen LogP contribution in [0.25, 0.3) is 11.0 Å². The number of nitrogens with two attached hydrogens (primary N) is 2. The molecular formula is C18H16N4O4. The lowest BCUT2D eigenvalue weighted by atomic mass is 10.1. The monoisotopic (exact) mass is 352 g/mol. The van der Waals surface area contributed by atoms with E-state index in [9.17, 15) is 9.59 Å². The van der Waals surface area contributed by atoms with Gasteiger partial charge in [0.1, 0.15) is 16.9 Å². The van der Waals surface area contributed by atoms with Gasteiger partial charge in [-0.2, -0.15) is 0 Å². The van der Waals surface area contributed by atoms with Crippen LogP contribution in [-0.2, 0) is 0 Å². The van der Waals surface area contributed by atoms with Crippen molar-refractivity contribution in [1.82, 2.24) is 5.43 Å². The lowest BCUT2D eigenvalue weighted by Crippen LogP contribution is -2.27. The molecule has 1 heterocycles. The van der Waals surface area contributed by atoms with Gasteiger partial charge >= 0.3 is 0 Å². The number of benzene rings is 2. The number of nitrogen functional groups attached to an aromatic ring is 1. The molecule has 3 aromatic rings. The zero-order valence-electron chi connectivity index (χ0n) is 13.9. The Balaban J connectivity index is 2.05. The van der Waals surface area contributed by atoms with Crippen LogP contribution in [-0.4, -0.2) is 18.9 Å². The molecule has 0 aliphatic rings. The van der Waals surface area contributed by atoms with Gasteiger partial charge in [0, 0.05) is 17.1 Å². The fourth-order valence-corrected chi connectivity index (χ4v) is 2.35. The summed E-state index contributed by atoms with van der Waals surface area (Å²) in [5.74, 6) is -0.710. The second-order valence-electron chi connectivity index (χ2n) is 5.37. The normalized spacial score (nSPS) is 11.3. The van der Waals surface area contributed by atoms with Crippen molar-refractivity contribution >= 4 is 28.5 Å². The van der Waals surface area contributed by atoms with E-state index in [4.69, 9.17) is 20.6 Å². The number of fused-ring (bicyclic) bond motifs is 1. The van der Waals surface area contributed by atoms with Crippen molar-refractivity contribution in [2.45, 2.75) is 0 Å². The Hall–Kier alpha value is -3.81. The van der Waals surface area contributed by atoms with E-state index in [1.54, 1.807) is 42.5 Å². The summed E-state index contributed by atoms with van der Waals surface area (Å²) >= 11 is 0. The molecule has 0 spiro atoms. The van der Waals surface area contributed by atoms with E-state index in [0.29, 0.717) is 22.4 Å². The number of nitrogens with zero attached hydrogens (tertiary/aromatic N) is 1. The van der Waals surface area contributed by atoms with Gasteiger partial charge in [-0.1, -0.05) is 12.1 Å². The predicted molar refractivity (Wildman–Crippen MR) is 95.2 cm³/mol. The standard InChI is InChI=1S/C18H16N4O4/c1-25-11-7-6-10-8-13(16(20)23)18(26-15(10)9-11)22-21-17(24)12-4-2-3-5-14(12)19/h2-9H,19H2,1H3,(H2,20,23)(H,21,24)/b22-18-. The first-order valence-electron chi connectivity index (χ1n) is 7.60. The van der Waals surface area contributed by atoms with E-state index in [2.05, 4.69) is 10.5 Å². The van der Waals surface area contributed by atoms with E-state index in [-0.39, 0.29) is 16.7 Å². The molecule has 0 unspecified atom stereocenters. The lowest BCUT2D eigenvalue weighted by molar-refractivity contribution is 0.0947. The number of anilines is 1. The maximum Gasteiger partial charge on any atom is 0.273 e. The first-order valence-corrected chi connectivity index (χ1v) is 7.60. The fraction of sp³-hybridized carbons (Fsp3) is 0.0556. The highest BCUT2D eigenvalue weighted by molar-refractivity contribution is 5.99. The van der Waals surface area contributed by atoms with Gasteiger partial charge in [-0.15, -0.1) is 5.10 Å². The largest absolute Gasteiger partial charge is 0.497 e. The van der Waals surface area contributed by atoms with Gasteiger partial charge in [0.05, 0.1) is 12.7 Å². The van der Waals surface area contributed by atoms with Gasteiger partial charge in [0.15, 0.2) is 0 Å². The average Bonchev–Trinajstić information content (AvgIpc) is 2.65. The summed E-state index contributed by atoms with van der Waals surface area (Å²) in [4.78, 5) is 23.9. The zero-order chi connectivity index (χ0) is 18.7. The summed E-state index contributed by atoms with van der Waals surface area (Å²) in [7, 11) is 1.52. The number of hydrogen-bond donors (Lipinski definition) is 3. The summed E-state index contributed by atoms with van der Waals surface area (Å²) in [5.41, 5.74) is 14.3. The van der Waals surface area contributed by atoms with Crippen LogP contribution in [0.15, 0.2) is 58.0 Å². The average molecular weight is 352 g/mol. The quantitative estimate of drug-likeness (QED) is 0.482. The van der Waals surface area contributed by atoms with Crippen molar-refractivity contribution in [3.05, 3.63) is 65.2 Å². The first kappa shape index (κ1) is 17.0. The number of primary amides is 1. The van der Waals surface area contributed by atoms with Crippen LogP contribution in [0.1, 0.15) is 20.7 Å². The van der Waals surface area contributed by atoms with Gasteiger partial charge in [-0.3, -0.25) is 9.59 Å². The van der Waals surface area contributed by atoms with Crippen LogP contribution < -0.4 is 27.2 Å². The van der Waals surface area contributed by atoms with Gasteiger partial charge in [-0.25, -0.2) is 5.43 Å². The molecule has 132 valence electrons. The number of nitrogens with one attached hydrogen (secondary N) is 1. The predicted octanol–water partition coefficient (Wildman–Crippen LogP) is 1.37. The smallest absolute Gasteiger partial charge is 0.273 e. The molecule has 0 atom stereocenters. The minimum atomic E-state index is -0.737. The Morgan fingerprint density at radius 1 is 1.12 bits per heavy atom. The Kier molecular flexibility index (Phi) is 4.57. The molecule has 0 radical (unpaired) electrons. The molecule has 26 heavy (non-hydrogen) atoms. The molecule has 0 bridgehead atoms. The molecule has 0 fully saturated rings. The van der Waals surface area contributed by atoms with E-state index in [1.165, 1.54) is 13.2 Å². The van der Waals surface area contributed by atoms with E-state index in [0.717, 1.165) is 0 Å². The van der Waals surface area contributed by atoms with Crippen LogP contribution in [0.4, 0.5) is 5.69 Å². The number of hydrogen-bond acceptors (Lipinski definition) is 6. The minimum absolute atomic E-state index is 0.0315. The van der Waals surface area contributed by atoms with Gasteiger partial charge < -0.3 is 20.6 Å². The summed E-state index contributed by atoms with van der Waals surface area (Å²) < 4.78 is 10.8. The number of carbonyl (C=O) groups is 2. The number of methoxy groups -OCH3 is 1. The topological polar surface area (TPSA) is 133 Å². The van der Waals surface area contributed by atoms with Crippen LogP contribution >= 0.6 is 0 Å². The number of para-hydroxylation sites is 1. The van der Waals surface area contributed by atoms with Crippen molar-refractivity contribution in [1.29, 1.82) is 0 Å². The highest BCUT2D eigenvalue weighted by Crippen LogP contribution is 2.20. The van der Waals surface area contributed by atoms with Crippen LogP contribution in [0.3, 0.4) is 0 Å². The van der Waals surface area contributed by atoms with Crippen molar-refractivity contribution in [3.63, 3.8) is 0 Å². The van der Waals surface area contributed by atoms with Crippen molar-refractivity contribution < 1.29 is 18.7 Å². The Bertz CT molecular complexity index is 1070. The molecule has 1 aromatic heterocycles. The third kappa shape index (κ3) is 3.34. The van der Waals surface area contributed by atoms with E-state index in [1.807, 2.05) is 0 Å². The van der Waals surface area contributed by atoms with E-state index < -0.39 is 11.8 Å². The molecule has 8 heteroatoms. The Morgan fingerprint density at radius 3 is 2.58 bits per heavy atom. The molecule has 5 N–H and O–H groups in total. The molecule has 0 saturated carbocycles. The highest BCUT2D eigenvalue weighted by atomic mass is 16.5. The van der Waals surface area contributed by atoms with Crippen LogP contribution in [0.5, 0.6) is 5.75 Å². The number of amides is 2. The Morgan fingerprint density at radius 2 is 1.88 bits per heavy atom. The first-order chi connectivity index (χ1) is 12.5. The second kappa shape index (κ2) is 6.98. The van der Waals surface area contributed by atoms with Gasteiger partial charge in [-0.05, 0) is 30.3 Å². The summed E-state index contributed by atoms with van der Waals surface area (Å²) in [6.07, 6.45) is 0. The van der Waals surface area contributed by atoms with Gasteiger partial charge in [0.25, 0.3) is 11.8 Å². The van der Waals surface area contributed by atoms with Crippen LogP contribution in [0, 0.1) is 0 Å². The second-order valence-corrected chi connectivity index (χ2v) is 5.37. The highest BCUT2D eigenvalue weighted by Gasteiger charge is 2.12. The van der Waals surface area contributed by atoms with E-state index >= 15 is 0 Å². The third-order valence-corrected chi connectivity index (χ3v) is 3.69. The fourth-order valence-electron chi connectivity index (χ4n) is 2.35. The SMILES string of the molecule is COc1ccc2cc(C(N)=O)/c(=N/NC(=O)c3ccccc3N)oc2c1. The Labute approximate surface area is 148 Å². The van der Waals surface area contributed by atoms with Gasteiger partial charge in [0.2, 0.25) is 5.55 Å². The lowest BCUT2D eigenvalue weighted by Gasteiger charge is -2.05. The summed E-state index contributed by atoms with van der Waals surface area (Å²) in [6.45, 7) is 0. The maximum absolute atomic E-state index is 12.2. The maximum atomic E-state index is 12.2. The third-order valence-electron chi connectivity index (χ3n) is 3.69. The number of rotatable bonds is 4. The summed E-state index contributed by atoms with van der Waals surface area (Å²) in [5, 5.41) is 4.52.